The van der Waals surface area contributed by atoms with E-state index in [4.69, 9.17) is 4.98 Å². The summed E-state index contributed by atoms with van der Waals surface area (Å²) in [6, 6.07) is 11.7. The van der Waals surface area contributed by atoms with Gasteiger partial charge in [-0.3, -0.25) is 9.78 Å². The van der Waals surface area contributed by atoms with Gasteiger partial charge in [0.15, 0.2) is 0 Å². The summed E-state index contributed by atoms with van der Waals surface area (Å²) in [7, 11) is 0. The highest BCUT2D eigenvalue weighted by Crippen LogP contribution is 2.27. The summed E-state index contributed by atoms with van der Waals surface area (Å²) in [5, 5.41) is 0. The summed E-state index contributed by atoms with van der Waals surface area (Å²) in [6.45, 7) is 1.50. The molecule has 23 heavy (non-hydrogen) atoms. The second-order valence-electron chi connectivity index (χ2n) is 5.97. The van der Waals surface area contributed by atoms with Gasteiger partial charge >= 0.3 is 0 Å². The number of benzene rings is 1. The third-order valence-corrected chi connectivity index (χ3v) is 4.41. The number of hydrogen-bond donors (Lipinski definition) is 1. The first-order valence-corrected chi connectivity index (χ1v) is 7.95. The van der Waals surface area contributed by atoms with E-state index in [1.165, 1.54) is 0 Å². The number of aromatic nitrogens is 3. The van der Waals surface area contributed by atoms with Crippen LogP contribution in [0.1, 0.15) is 34.9 Å². The number of piperidine rings is 1. The van der Waals surface area contributed by atoms with E-state index in [0.29, 0.717) is 12.1 Å². The monoisotopic (exact) mass is 306 g/mol. The quantitative estimate of drug-likeness (QED) is 0.791. The molecule has 1 atom stereocenters. The van der Waals surface area contributed by atoms with Gasteiger partial charge < -0.3 is 9.88 Å². The van der Waals surface area contributed by atoms with Crippen molar-refractivity contribution in [3.05, 3.63) is 60.2 Å². The first kappa shape index (κ1) is 13.9. The number of H-pyrrole nitrogens is 1. The van der Waals surface area contributed by atoms with Crippen molar-refractivity contribution in [3.8, 4) is 0 Å². The Balaban J connectivity index is 1.56. The molecule has 0 aliphatic carbocycles. The number of amides is 1. The molecule has 0 unspecified atom stereocenters. The Bertz CT molecular complexity index is 794. The number of carbonyl (C=O) groups excluding carboxylic acids is 1. The molecule has 0 saturated carbocycles. The molecule has 5 nitrogen and oxygen atoms in total. The van der Waals surface area contributed by atoms with Gasteiger partial charge in [0, 0.05) is 31.4 Å². The van der Waals surface area contributed by atoms with E-state index >= 15 is 0 Å². The molecular weight excluding hydrogens is 288 g/mol. The fourth-order valence-electron chi connectivity index (χ4n) is 3.22. The molecule has 0 bridgehead atoms. The molecule has 1 fully saturated rings. The Kier molecular flexibility index (Phi) is 3.54. The van der Waals surface area contributed by atoms with Crippen LogP contribution in [0, 0.1) is 0 Å². The van der Waals surface area contributed by atoms with Crippen LogP contribution in [-0.4, -0.2) is 38.8 Å². The Morgan fingerprint density at radius 1 is 1.22 bits per heavy atom. The molecule has 1 aromatic carbocycles. The molecule has 2 aromatic heterocycles. The number of nitrogens with one attached hydrogen (secondary N) is 1. The molecule has 5 heteroatoms. The van der Waals surface area contributed by atoms with Crippen LogP contribution in [-0.2, 0) is 0 Å². The van der Waals surface area contributed by atoms with Gasteiger partial charge in [-0.1, -0.05) is 12.1 Å². The topological polar surface area (TPSA) is 61.9 Å². The Morgan fingerprint density at radius 2 is 2.13 bits per heavy atom. The lowest BCUT2D eigenvalue weighted by molar-refractivity contribution is 0.0704. The fourth-order valence-corrected chi connectivity index (χ4v) is 3.22. The smallest absolute Gasteiger partial charge is 0.255 e. The van der Waals surface area contributed by atoms with Crippen LogP contribution in [0.2, 0.25) is 0 Å². The van der Waals surface area contributed by atoms with Gasteiger partial charge in [-0.05, 0) is 37.1 Å². The standard InChI is InChI=1S/C18H18N4O/c23-18(13-5-3-9-19-11-13)22-10-4-6-14(12-22)17-20-15-7-1-2-8-16(15)21-17/h1-3,5,7-9,11,14H,4,6,10,12H2,(H,20,21)/t14-/m0/s1. The molecule has 1 aliphatic heterocycles. The number of likely N-dealkylation sites (tertiary alicyclic amines) is 1. The van der Waals surface area contributed by atoms with Crippen molar-refractivity contribution in [2.75, 3.05) is 13.1 Å². The van der Waals surface area contributed by atoms with Crippen molar-refractivity contribution in [1.29, 1.82) is 0 Å². The van der Waals surface area contributed by atoms with E-state index in [-0.39, 0.29) is 11.8 Å². The molecule has 0 radical (unpaired) electrons. The van der Waals surface area contributed by atoms with E-state index < -0.39 is 0 Å². The lowest BCUT2D eigenvalue weighted by Crippen LogP contribution is -2.39. The summed E-state index contributed by atoms with van der Waals surface area (Å²) in [4.78, 5) is 26.7. The molecule has 1 amide bonds. The summed E-state index contributed by atoms with van der Waals surface area (Å²) in [5.74, 6) is 1.30. The fraction of sp³-hybridized carbons (Fsp3) is 0.278. The SMILES string of the molecule is O=C(c1cccnc1)N1CCC[C@H](c2nc3ccccc3[nH]2)C1. The van der Waals surface area contributed by atoms with Crippen molar-refractivity contribution in [1.82, 2.24) is 19.9 Å². The minimum Gasteiger partial charge on any atom is -0.342 e. The lowest BCUT2D eigenvalue weighted by Gasteiger charge is -2.31. The van der Waals surface area contributed by atoms with Crippen LogP contribution in [0.4, 0.5) is 0 Å². The number of aromatic amines is 1. The van der Waals surface area contributed by atoms with Crippen LogP contribution in [0.5, 0.6) is 0 Å². The van der Waals surface area contributed by atoms with E-state index in [0.717, 1.165) is 36.2 Å². The van der Waals surface area contributed by atoms with Crippen LogP contribution < -0.4 is 0 Å². The van der Waals surface area contributed by atoms with Crippen molar-refractivity contribution in [3.63, 3.8) is 0 Å². The van der Waals surface area contributed by atoms with Gasteiger partial charge in [0.2, 0.25) is 0 Å². The molecule has 0 spiro atoms. The number of para-hydroxylation sites is 2. The Hall–Kier alpha value is -2.69. The van der Waals surface area contributed by atoms with Crippen molar-refractivity contribution in [2.24, 2.45) is 0 Å². The number of pyridine rings is 1. The molecule has 3 aromatic rings. The zero-order valence-corrected chi connectivity index (χ0v) is 12.8. The minimum atomic E-state index is 0.0545. The van der Waals surface area contributed by atoms with E-state index in [1.54, 1.807) is 18.5 Å². The number of carbonyl (C=O) groups is 1. The van der Waals surface area contributed by atoms with Gasteiger partial charge in [0.05, 0.1) is 16.6 Å². The van der Waals surface area contributed by atoms with Gasteiger partial charge in [-0.2, -0.15) is 0 Å². The van der Waals surface area contributed by atoms with Gasteiger partial charge in [-0.15, -0.1) is 0 Å². The molecule has 1 saturated heterocycles. The second-order valence-corrected chi connectivity index (χ2v) is 5.97. The van der Waals surface area contributed by atoms with Crippen LogP contribution >= 0.6 is 0 Å². The summed E-state index contributed by atoms with van der Waals surface area (Å²) < 4.78 is 0. The molecule has 4 rings (SSSR count). The Morgan fingerprint density at radius 3 is 2.96 bits per heavy atom. The highest BCUT2D eigenvalue weighted by atomic mass is 16.2. The normalized spacial score (nSPS) is 18.3. The molecule has 116 valence electrons. The maximum absolute atomic E-state index is 12.6. The number of nitrogens with zero attached hydrogens (tertiary/aromatic N) is 3. The number of imidazole rings is 1. The number of hydrogen-bond acceptors (Lipinski definition) is 3. The predicted molar refractivity (Wildman–Crippen MR) is 88.2 cm³/mol. The maximum Gasteiger partial charge on any atom is 0.255 e. The number of fused-ring (bicyclic) bond motifs is 1. The molecule has 3 heterocycles. The molecular formula is C18H18N4O. The number of rotatable bonds is 2. The van der Waals surface area contributed by atoms with Gasteiger partial charge in [-0.25, -0.2) is 4.98 Å². The summed E-state index contributed by atoms with van der Waals surface area (Å²) in [6.07, 6.45) is 5.36. The van der Waals surface area contributed by atoms with Crippen molar-refractivity contribution in [2.45, 2.75) is 18.8 Å². The van der Waals surface area contributed by atoms with E-state index in [1.807, 2.05) is 35.2 Å². The second kappa shape index (κ2) is 5.83. The zero-order valence-electron chi connectivity index (χ0n) is 12.8. The summed E-state index contributed by atoms with van der Waals surface area (Å²) >= 11 is 0. The van der Waals surface area contributed by atoms with Crippen LogP contribution in [0.3, 0.4) is 0 Å². The van der Waals surface area contributed by atoms with Gasteiger partial charge in [0.25, 0.3) is 5.91 Å². The molecule has 1 N–H and O–H groups in total. The first-order chi connectivity index (χ1) is 11.3. The maximum atomic E-state index is 12.6. The zero-order chi connectivity index (χ0) is 15.6. The highest BCUT2D eigenvalue weighted by molar-refractivity contribution is 5.94. The first-order valence-electron chi connectivity index (χ1n) is 7.95. The third kappa shape index (κ3) is 2.70. The average Bonchev–Trinajstić information content (AvgIpc) is 3.06. The van der Waals surface area contributed by atoms with Gasteiger partial charge in [0.1, 0.15) is 5.82 Å². The average molecular weight is 306 g/mol. The minimum absolute atomic E-state index is 0.0545. The Labute approximate surface area is 134 Å². The molecule has 1 aliphatic rings. The van der Waals surface area contributed by atoms with Crippen LogP contribution in [0.25, 0.3) is 11.0 Å². The summed E-state index contributed by atoms with van der Waals surface area (Å²) in [5.41, 5.74) is 2.69. The predicted octanol–water partition coefficient (Wildman–Crippen LogP) is 2.98. The van der Waals surface area contributed by atoms with Crippen molar-refractivity contribution >= 4 is 16.9 Å². The van der Waals surface area contributed by atoms with Crippen molar-refractivity contribution < 1.29 is 4.79 Å². The van der Waals surface area contributed by atoms with E-state index in [2.05, 4.69) is 9.97 Å². The highest BCUT2D eigenvalue weighted by Gasteiger charge is 2.27. The lowest BCUT2D eigenvalue weighted by atomic mass is 9.97. The van der Waals surface area contributed by atoms with Crippen LogP contribution in [0.15, 0.2) is 48.8 Å². The largest absolute Gasteiger partial charge is 0.342 e. The third-order valence-electron chi connectivity index (χ3n) is 4.41. The van der Waals surface area contributed by atoms with E-state index in [9.17, 15) is 4.79 Å².